The molecule has 24 heavy (non-hydrogen) atoms. The lowest BCUT2D eigenvalue weighted by Gasteiger charge is -2.20. The van der Waals surface area contributed by atoms with Gasteiger partial charge in [-0.3, -0.25) is 14.3 Å². The Bertz CT molecular complexity index is 600. The average molecular weight is 352 g/mol. The van der Waals surface area contributed by atoms with Gasteiger partial charge in [-0.2, -0.15) is 0 Å². The standard InChI is InChI=1S/C16H24N4O3S/c1-3-23-15(22)7-5-9-20-11-14(18-19-20)16(24-12(2)21)13-6-4-8-17-10-13/h6,11,16-17H,3-5,7-10H2,1-2H3. The second-order valence-electron chi connectivity index (χ2n) is 5.55. The first-order chi connectivity index (χ1) is 11.6. The Morgan fingerprint density at radius 1 is 1.50 bits per heavy atom. The smallest absolute Gasteiger partial charge is 0.305 e. The minimum atomic E-state index is -0.193. The van der Waals surface area contributed by atoms with Crippen molar-refractivity contribution < 1.29 is 14.3 Å². The van der Waals surface area contributed by atoms with E-state index in [0.717, 1.165) is 25.2 Å². The molecule has 1 aliphatic heterocycles. The third kappa shape index (κ3) is 5.76. The van der Waals surface area contributed by atoms with E-state index >= 15 is 0 Å². The molecule has 2 heterocycles. The molecule has 1 aromatic rings. The number of esters is 1. The molecule has 0 saturated heterocycles. The summed E-state index contributed by atoms with van der Waals surface area (Å²) in [4.78, 5) is 22.9. The number of thioether (sulfide) groups is 1. The number of hydrogen-bond donors (Lipinski definition) is 1. The third-order valence-corrected chi connectivity index (χ3v) is 4.69. The maximum absolute atomic E-state index is 11.6. The van der Waals surface area contributed by atoms with E-state index in [1.54, 1.807) is 18.5 Å². The van der Waals surface area contributed by atoms with Gasteiger partial charge < -0.3 is 10.1 Å². The number of aryl methyl sites for hydroxylation is 1. The zero-order valence-electron chi connectivity index (χ0n) is 14.2. The van der Waals surface area contributed by atoms with Crippen LogP contribution in [0.5, 0.6) is 0 Å². The van der Waals surface area contributed by atoms with Gasteiger partial charge in [-0.05, 0) is 31.9 Å². The van der Waals surface area contributed by atoms with E-state index in [1.165, 1.54) is 17.3 Å². The Labute approximate surface area is 146 Å². The predicted octanol–water partition coefficient (Wildman–Crippen LogP) is 1.86. The van der Waals surface area contributed by atoms with Crippen LogP contribution in [0.15, 0.2) is 17.8 Å². The lowest BCUT2D eigenvalue weighted by atomic mass is 10.1. The van der Waals surface area contributed by atoms with Gasteiger partial charge in [0.1, 0.15) is 5.69 Å². The molecule has 1 aromatic heterocycles. The summed E-state index contributed by atoms with van der Waals surface area (Å²) in [7, 11) is 0. The van der Waals surface area contributed by atoms with Crippen molar-refractivity contribution in [1.29, 1.82) is 0 Å². The summed E-state index contributed by atoms with van der Waals surface area (Å²) in [5, 5.41) is 11.6. The summed E-state index contributed by atoms with van der Waals surface area (Å²) in [6.07, 6.45) is 6.01. The fourth-order valence-corrected chi connectivity index (χ4v) is 3.41. The Kier molecular flexibility index (Phi) is 7.45. The SMILES string of the molecule is CCOC(=O)CCCn1cc(C(SC(C)=O)C2=CCCNC2)nn1. The van der Waals surface area contributed by atoms with Crippen LogP contribution in [-0.2, 0) is 20.9 Å². The van der Waals surface area contributed by atoms with Crippen LogP contribution >= 0.6 is 11.8 Å². The van der Waals surface area contributed by atoms with Crippen molar-refractivity contribution >= 4 is 22.8 Å². The summed E-state index contributed by atoms with van der Waals surface area (Å²) in [5.41, 5.74) is 1.95. The van der Waals surface area contributed by atoms with E-state index in [0.29, 0.717) is 26.0 Å². The lowest BCUT2D eigenvalue weighted by Crippen LogP contribution is -2.24. The molecule has 1 N–H and O–H groups in total. The van der Waals surface area contributed by atoms with Gasteiger partial charge in [-0.15, -0.1) is 5.10 Å². The summed E-state index contributed by atoms with van der Waals surface area (Å²) in [6.45, 7) is 6.09. The molecule has 1 atom stereocenters. The second kappa shape index (κ2) is 9.58. The highest BCUT2D eigenvalue weighted by molar-refractivity contribution is 8.13. The van der Waals surface area contributed by atoms with Gasteiger partial charge in [0, 0.05) is 32.6 Å². The lowest BCUT2D eigenvalue weighted by molar-refractivity contribution is -0.143. The van der Waals surface area contributed by atoms with Gasteiger partial charge in [0.15, 0.2) is 5.12 Å². The first kappa shape index (κ1) is 18.7. The van der Waals surface area contributed by atoms with Crippen LogP contribution < -0.4 is 5.32 Å². The largest absolute Gasteiger partial charge is 0.466 e. The summed E-state index contributed by atoms with van der Waals surface area (Å²) < 4.78 is 6.63. The van der Waals surface area contributed by atoms with E-state index in [1.807, 2.05) is 6.20 Å². The molecule has 2 rings (SSSR count). The van der Waals surface area contributed by atoms with Crippen LogP contribution in [0.3, 0.4) is 0 Å². The summed E-state index contributed by atoms with van der Waals surface area (Å²) in [5.74, 6) is -0.193. The minimum absolute atomic E-state index is 0.0586. The molecule has 1 aliphatic rings. The molecule has 0 amide bonds. The number of hydrogen-bond acceptors (Lipinski definition) is 7. The number of nitrogens with zero attached hydrogens (tertiary/aromatic N) is 3. The van der Waals surface area contributed by atoms with E-state index < -0.39 is 0 Å². The molecule has 0 aliphatic carbocycles. The van der Waals surface area contributed by atoms with Crippen molar-refractivity contribution in [2.75, 3.05) is 19.7 Å². The van der Waals surface area contributed by atoms with Crippen LogP contribution in [0, 0.1) is 0 Å². The number of ether oxygens (including phenoxy) is 1. The predicted molar refractivity (Wildman–Crippen MR) is 92.5 cm³/mol. The van der Waals surface area contributed by atoms with Gasteiger partial charge in [-0.1, -0.05) is 23.1 Å². The molecule has 0 aromatic carbocycles. The van der Waals surface area contributed by atoms with Crippen molar-refractivity contribution in [3.8, 4) is 0 Å². The zero-order valence-corrected chi connectivity index (χ0v) is 15.0. The number of carbonyl (C=O) groups is 2. The van der Waals surface area contributed by atoms with E-state index in [4.69, 9.17) is 4.74 Å². The molecule has 8 heteroatoms. The van der Waals surface area contributed by atoms with Crippen molar-refractivity contribution in [1.82, 2.24) is 20.3 Å². The van der Waals surface area contributed by atoms with Crippen LogP contribution in [-0.4, -0.2) is 45.8 Å². The van der Waals surface area contributed by atoms with Crippen molar-refractivity contribution in [2.24, 2.45) is 0 Å². The van der Waals surface area contributed by atoms with Crippen LogP contribution in [0.25, 0.3) is 0 Å². The van der Waals surface area contributed by atoms with E-state index in [-0.39, 0.29) is 16.3 Å². The highest BCUT2D eigenvalue weighted by Crippen LogP contribution is 2.35. The highest BCUT2D eigenvalue weighted by Gasteiger charge is 2.23. The van der Waals surface area contributed by atoms with E-state index in [9.17, 15) is 9.59 Å². The molecule has 0 spiro atoms. The molecular weight excluding hydrogens is 328 g/mol. The monoisotopic (exact) mass is 352 g/mol. The van der Waals surface area contributed by atoms with Gasteiger partial charge in [0.05, 0.1) is 11.9 Å². The van der Waals surface area contributed by atoms with Crippen molar-refractivity contribution in [3.63, 3.8) is 0 Å². The summed E-state index contributed by atoms with van der Waals surface area (Å²) >= 11 is 1.27. The van der Waals surface area contributed by atoms with Crippen molar-refractivity contribution in [2.45, 2.75) is 44.9 Å². The van der Waals surface area contributed by atoms with Gasteiger partial charge >= 0.3 is 5.97 Å². The maximum Gasteiger partial charge on any atom is 0.305 e. The molecule has 0 fully saturated rings. The van der Waals surface area contributed by atoms with Crippen molar-refractivity contribution in [3.05, 3.63) is 23.5 Å². The maximum atomic E-state index is 11.6. The van der Waals surface area contributed by atoms with Gasteiger partial charge in [0.2, 0.25) is 0 Å². The highest BCUT2D eigenvalue weighted by atomic mass is 32.2. The molecule has 0 saturated carbocycles. The molecular formula is C16H24N4O3S. The average Bonchev–Trinajstić information content (AvgIpc) is 3.02. The Morgan fingerprint density at radius 2 is 2.33 bits per heavy atom. The fourth-order valence-electron chi connectivity index (χ4n) is 2.52. The quantitative estimate of drug-likeness (QED) is 0.564. The Balaban J connectivity index is 1.98. The van der Waals surface area contributed by atoms with Crippen LogP contribution in [0.1, 0.15) is 44.1 Å². The molecule has 0 radical (unpaired) electrons. The molecule has 132 valence electrons. The second-order valence-corrected chi connectivity index (χ2v) is 6.83. The number of carbonyl (C=O) groups excluding carboxylic acids is 2. The van der Waals surface area contributed by atoms with Gasteiger partial charge in [0.25, 0.3) is 0 Å². The first-order valence-electron chi connectivity index (χ1n) is 8.22. The third-order valence-electron chi connectivity index (χ3n) is 3.58. The Hall–Kier alpha value is -1.67. The van der Waals surface area contributed by atoms with E-state index in [2.05, 4.69) is 21.7 Å². The normalized spacial score (nSPS) is 15.7. The molecule has 0 bridgehead atoms. The minimum Gasteiger partial charge on any atom is -0.466 e. The number of rotatable bonds is 8. The molecule has 7 nitrogen and oxygen atoms in total. The number of nitrogens with one attached hydrogen (secondary N) is 1. The van der Waals surface area contributed by atoms with Crippen LogP contribution in [0.2, 0.25) is 0 Å². The number of aromatic nitrogens is 3. The fraction of sp³-hybridized carbons (Fsp3) is 0.625. The topological polar surface area (TPSA) is 86.1 Å². The van der Waals surface area contributed by atoms with Gasteiger partial charge in [-0.25, -0.2) is 0 Å². The Morgan fingerprint density at radius 3 is 3.00 bits per heavy atom. The zero-order chi connectivity index (χ0) is 17.4. The molecule has 1 unspecified atom stereocenters. The summed E-state index contributed by atoms with van der Waals surface area (Å²) in [6, 6.07) is 0. The first-order valence-corrected chi connectivity index (χ1v) is 9.10. The van der Waals surface area contributed by atoms with Crippen LogP contribution in [0.4, 0.5) is 0 Å².